The van der Waals surface area contributed by atoms with Gasteiger partial charge in [-0.05, 0) is 26.0 Å². The third kappa shape index (κ3) is 2.76. The van der Waals surface area contributed by atoms with Crippen molar-refractivity contribution >= 4 is 16.8 Å². The first kappa shape index (κ1) is 13.5. The number of nitrogens with one attached hydrogen (secondary N) is 1. The van der Waals surface area contributed by atoms with Crippen LogP contribution in [0.1, 0.15) is 24.2 Å². The third-order valence-corrected chi connectivity index (χ3v) is 3.23. The number of likely N-dealkylation sites (N-methyl/N-ethyl adjacent to an activating group) is 1. The van der Waals surface area contributed by atoms with E-state index in [0.29, 0.717) is 18.7 Å². The minimum absolute atomic E-state index is 0.0172. The van der Waals surface area contributed by atoms with Crippen molar-refractivity contribution in [2.24, 2.45) is 0 Å². The van der Waals surface area contributed by atoms with Crippen LogP contribution >= 0.6 is 0 Å². The maximum Gasteiger partial charge on any atom is 0.254 e. The Kier molecular flexibility index (Phi) is 4.16. The summed E-state index contributed by atoms with van der Waals surface area (Å²) in [7, 11) is 1.64. The molecule has 0 saturated heterocycles. The van der Waals surface area contributed by atoms with Crippen LogP contribution in [0.2, 0.25) is 0 Å². The Bertz CT molecular complexity index is 565. The van der Waals surface area contributed by atoms with Crippen molar-refractivity contribution < 1.29 is 9.53 Å². The zero-order valence-electron chi connectivity index (χ0n) is 11.5. The second kappa shape index (κ2) is 5.84. The third-order valence-electron chi connectivity index (χ3n) is 3.23. The number of methoxy groups -OCH3 is 1. The summed E-state index contributed by atoms with van der Waals surface area (Å²) in [5, 5.41) is 7.85. The topological polar surface area (TPSA) is 58.2 Å². The Balaban J connectivity index is 2.25. The lowest BCUT2D eigenvalue weighted by molar-refractivity contribution is 0.0579. The molecule has 1 unspecified atom stereocenters. The van der Waals surface area contributed by atoms with Crippen molar-refractivity contribution in [3.05, 3.63) is 30.0 Å². The molecule has 2 rings (SSSR count). The van der Waals surface area contributed by atoms with Gasteiger partial charge in [0.15, 0.2) is 0 Å². The summed E-state index contributed by atoms with van der Waals surface area (Å²) in [4.78, 5) is 14.3. The SMILES string of the molecule is CCN(C(=O)c1ccc2cn[nH]c2c1)C(C)COC. The van der Waals surface area contributed by atoms with Crippen molar-refractivity contribution in [2.45, 2.75) is 19.9 Å². The number of H-pyrrole nitrogens is 1. The molecule has 1 aromatic carbocycles. The first-order valence-electron chi connectivity index (χ1n) is 6.40. The number of carbonyl (C=O) groups excluding carboxylic acids is 1. The average molecular weight is 261 g/mol. The van der Waals surface area contributed by atoms with Gasteiger partial charge >= 0.3 is 0 Å². The van der Waals surface area contributed by atoms with Crippen LogP contribution in [-0.4, -0.2) is 47.3 Å². The summed E-state index contributed by atoms with van der Waals surface area (Å²) in [5.41, 5.74) is 1.54. The Labute approximate surface area is 112 Å². The van der Waals surface area contributed by atoms with E-state index in [4.69, 9.17) is 4.74 Å². The number of aromatic amines is 1. The van der Waals surface area contributed by atoms with Crippen LogP contribution in [0, 0.1) is 0 Å². The molecule has 1 atom stereocenters. The molecule has 1 heterocycles. The highest BCUT2D eigenvalue weighted by molar-refractivity contribution is 5.97. The van der Waals surface area contributed by atoms with Gasteiger partial charge in [0.1, 0.15) is 0 Å². The normalized spacial score (nSPS) is 12.6. The summed E-state index contributed by atoms with van der Waals surface area (Å²) in [5.74, 6) is 0.0172. The van der Waals surface area contributed by atoms with Crippen molar-refractivity contribution in [3.63, 3.8) is 0 Å². The van der Waals surface area contributed by atoms with Gasteiger partial charge < -0.3 is 9.64 Å². The van der Waals surface area contributed by atoms with E-state index in [9.17, 15) is 4.79 Å². The second-order valence-corrected chi connectivity index (χ2v) is 4.57. The number of nitrogens with zero attached hydrogens (tertiary/aromatic N) is 2. The van der Waals surface area contributed by atoms with Crippen LogP contribution in [0.3, 0.4) is 0 Å². The molecule has 0 bridgehead atoms. The predicted molar refractivity (Wildman–Crippen MR) is 74.1 cm³/mol. The van der Waals surface area contributed by atoms with Gasteiger partial charge in [0.25, 0.3) is 5.91 Å². The molecule has 19 heavy (non-hydrogen) atoms. The highest BCUT2D eigenvalue weighted by atomic mass is 16.5. The summed E-state index contributed by atoms with van der Waals surface area (Å²) in [6, 6.07) is 5.63. The number of benzene rings is 1. The van der Waals surface area contributed by atoms with E-state index in [1.165, 1.54) is 0 Å². The van der Waals surface area contributed by atoms with E-state index in [0.717, 1.165) is 10.9 Å². The van der Waals surface area contributed by atoms with Gasteiger partial charge in [0.2, 0.25) is 0 Å². The fourth-order valence-corrected chi connectivity index (χ4v) is 2.22. The molecule has 0 fully saturated rings. The maximum absolute atomic E-state index is 12.5. The molecule has 0 spiro atoms. The number of fused-ring (bicyclic) bond motifs is 1. The fraction of sp³-hybridized carbons (Fsp3) is 0.429. The van der Waals surface area contributed by atoms with Crippen LogP contribution in [-0.2, 0) is 4.74 Å². The molecular weight excluding hydrogens is 242 g/mol. The summed E-state index contributed by atoms with van der Waals surface area (Å²) in [6.45, 7) is 5.15. The minimum atomic E-state index is 0.0172. The minimum Gasteiger partial charge on any atom is -0.383 e. The van der Waals surface area contributed by atoms with Gasteiger partial charge in [-0.25, -0.2) is 0 Å². The van der Waals surface area contributed by atoms with E-state index in [1.54, 1.807) is 18.2 Å². The maximum atomic E-state index is 12.5. The van der Waals surface area contributed by atoms with Gasteiger partial charge in [-0.1, -0.05) is 6.07 Å². The number of amides is 1. The lowest BCUT2D eigenvalue weighted by atomic mass is 10.1. The van der Waals surface area contributed by atoms with Crippen LogP contribution in [0.4, 0.5) is 0 Å². The van der Waals surface area contributed by atoms with E-state index in [1.807, 2.05) is 32.0 Å². The zero-order chi connectivity index (χ0) is 13.8. The van der Waals surface area contributed by atoms with E-state index >= 15 is 0 Å². The van der Waals surface area contributed by atoms with Gasteiger partial charge in [0.05, 0.1) is 24.4 Å². The monoisotopic (exact) mass is 261 g/mol. The number of hydrogen-bond acceptors (Lipinski definition) is 3. The van der Waals surface area contributed by atoms with Gasteiger partial charge in [-0.3, -0.25) is 9.89 Å². The Hall–Kier alpha value is -1.88. The highest BCUT2D eigenvalue weighted by Gasteiger charge is 2.20. The highest BCUT2D eigenvalue weighted by Crippen LogP contribution is 2.15. The summed E-state index contributed by atoms with van der Waals surface area (Å²) < 4.78 is 5.12. The molecule has 0 aliphatic carbocycles. The lowest BCUT2D eigenvalue weighted by Crippen LogP contribution is -2.40. The molecule has 0 aliphatic rings. The zero-order valence-corrected chi connectivity index (χ0v) is 11.5. The van der Waals surface area contributed by atoms with Crippen molar-refractivity contribution in [3.8, 4) is 0 Å². The largest absolute Gasteiger partial charge is 0.383 e. The van der Waals surface area contributed by atoms with Crippen molar-refractivity contribution in [2.75, 3.05) is 20.3 Å². The molecule has 1 aromatic heterocycles. The van der Waals surface area contributed by atoms with Gasteiger partial charge in [-0.2, -0.15) is 5.10 Å². The number of hydrogen-bond donors (Lipinski definition) is 1. The van der Waals surface area contributed by atoms with Crippen molar-refractivity contribution in [1.82, 2.24) is 15.1 Å². The summed E-state index contributed by atoms with van der Waals surface area (Å²) in [6.07, 6.45) is 1.74. The number of carbonyl (C=O) groups is 1. The lowest BCUT2D eigenvalue weighted by Gasteiger charge is -2.27. The number of ether oxygens (including phenoxy) is 1. The Morgan fingerprint density at radius 2 is 2.32 bits per heavy atom. The summed E-state index contributed by atoms with van der Waals surface area (Å²) >= 11 is 0. The first-order chi connectivity index (χ1) is 9.17. The number of aromatic nitrogens is 2. The molecule has 0 radical (unpaired) electrons. The molecule has 102 valence electrons. The molecule has 5 heteroatoms. The second-order valence-electron chi connectivity index (χ2n) is 4.57. The van der Waals surface area contributed by atoms with Crippen LogP contribution in [0.5, 0.6) is 0 Å². The first-order valence-corrected chi connectivity index (χ1v) is 6.40. The van der Waals surface area contributed by atoms with Crippen LogP contribution in [0.25, 0.3) is 10.9 Å². The van der Waals surface area contributed by atoms with E-state index in [-0.39, 0.29) is 11.9 Å². The van der Waals surface area contributed by atoms with E-state index < -0.39 is 0 Å². The molecule has 2 aromatic rings. The van der Waals surface area contributed by atoms with Crippen molar-refractivity contribution in [1.29, 1.82) is 0 Å². The van der Waals surface area contributed by atoms with E-state index in [2.05, 4.69) is 10.2 Å². The van der Waals surface area contributed by atoms with Gasteiger partial charge in [0, 0.05) is 24.6 Å². The van der Waals surface area contributed by atoms with Crippen LogP contribution in [0.15, 0.2) is 24.4 Å². The standard InChI is InChI=1S/C14H19N3O2/c1-4-17(10(2)9-19-3)14(18)11-5-6-12-8-15-16-13(12)7-11/h5-8,10H,4,9H2,1-3H3,(H,15,16). The molecule has 5 nitrogen and oxygen atoms in total. The Morgan fingerprint density at radius 3 is 3.00 bits per heavy atom. The molecule has 0 aliphatic heterocycles. The number of rotatable bonds is 5. The van der Waals surface area contributed by atoms with Crippen LogP contribution < -0.4 is 0 Å². The molecular formula is C14H19N3O2. The smallest absolute Gasteiger partial charge is 0.254 e. The average Bonchev–Trinajstić information content (AvgIpc) is 2.86. The Morgan fingerprint density at radius 1 is 1.53 bits per heavy atom. The fourth-order valence-electron chi connectivity index (χ4n) is 2.22. The van der Waals surface area contributed by atoms with Gasteiger partial charge in [-0.15, -0.1) is 0 Å². The molecule has 1 N–H and O–H groups in total. The quantitative estimate of drug-likeness (QED) is 0.896. The molecule has 1 amide bonds. The molecule has 0 saturated carbocycles. The predicted octanol–water partition coefficient (Wildman–Crippen LogP) is 2.06.